The molecular weight excluding hydrogens is 290 g/mol. The van der Waals surface area contributed by atoms with Gasteiger partial charge in [0.15, 0.2) is 0 Å². The fourth-order valence-corrected chi connectivity index (χ4v) is 4.16. The lowest BCUT2D eigenvalue weighted by Crippen LogP contribution is -2.46. The van der Waals surface area contributed by atoms with Gasteiger partial charge in [-0.3, -0.25) is 0 Å². The summed E-state index contributed by atoms with van der Waals surface area (Å²) < 4.78 is 5.47. The van der Waals surface area contributed by atoms with Gasteiger partial charge >= 0.3 is 6.09 Å². The van der Waals surface area contributed by atoms with Crippen molar-refractivity contribution in [3.8, 4) is 0 Å². The van der Waals surface area contributed by atoms with Crippen LogP contribution in [0.15, 0.2) is 0 Å². The number of piperidine rings is 2. The van der Waals surface area contributed by atoms with Crippen LogP contribution >= 0.6 is 0 Å². The number of carbonyl (C=O) groups is 1. The van der Waals surface area contributed by atoms with E-state index in [1.165, 1.54) is 38.9 Å². The zero-order valence-corrected chi connectivity index (χ0v) is 15.2. The van der Waals surface area contributed by atoms with Crippen molar-refractivity contribution >= 4 is 6.09 Å². The third kappa shape index (κ3) is 4.18. The van der Waals surface area contributed by atoms with Crippen LogP contribution in [0.1, 0.15) is 47.0 Å². The molecule has 0 radical (unpaired) electrons. The lowest BCUT2D eigenvalue weighted by molar-refractivity contribution is 0.0268. The Morgan fingerprint density at radius 2 is 1.78 bits per heavy atom. The lowest BCUT2D eigenvalue weighted by atomic mass is 10.0. The predicted molar refractivity (Wildman–Crippen MR) is 91.5 cm³/mol. The number of nitrogens with zero attached hydrogens (tertiary/aromatic N) is 2. The summed E-state index contributed by atoms with van der Waals surface area (Å²) in [5, 5.41) is 3.86. The Balaban J connectivity index is 1.37. The summed E-state index contributed by atoms with van der Waals surface area (Å²) in [6, 6.07) is 1.31. The molecule has 0 bridgehead atoms. The van der Waals surface area contributed by atoms with E-state index in [1.807, 2.05) is 25.7 Å². The number of carbonyl (C=O) groups excluding carboxylic acids is 1. The van der Waals surface area contributed by atoms with E-state index in [0.29, 0.717) is 23.9 Å². The molecule has 0 aromatic heterocycles. The molecule has 2 atom stereocenters. The van der Waals surface area contributed by atoms with Crippen LogP contribution in [-0.2, 0) is 4.74 Å². The van der Waals surface area contributed by atoms with Crippen LogP contribution in [0.2, 0.25) is 0 Å². The highest BCUT2D eigenvalue weighted by atomic mass is 16.6. The third-order valence-corrected chi connectivity index (χ3v) is 5.40. The van der Waals surface area contributed by atoms with Crippen molar-refractivity contribution in [3.63, 3.8) is 0 Å². The minimum absolute atomic E-state index is 0.142. The second-order valence-corrected chi connectivity index (χ2v) is 8.52. The summed E-state index contributed by atoms with van der Waals surface area (Å²) in [5.41, 5.74) is -0.395. The SMILES string of the molecule is CCCN1CCC(NC2C3CN(C(=O)OC(C)(C)C)CC32)CC1. The minimum atomic E-state index is -0.395. The molecule has 5 heteroatoms. The van der Waals surface area contributed by atoms with E-state index in [9.17, 15) is 4.79 Å². The Bertz CT molecular complexity index is 414. The maximum absolute atomic E-state index is 12.1. The number of fused-ring (bicyclic) bond motifs is 1. The fourth-order valence-electron chi connectivity index (χ4n) is 4.16. The zero-order chi connectivity index (χ0) is 16.6. The van der Waals surface area contributed by atoms with Crippen LogP contribution in [0.4, 0.5) is 4.79 Å². The average Bonchev–Trinajstić information content (AvgIpc) is 2.92. The molecule has 2 unspecified atom stereocenters. The topological polar surface area (TPSA) is 44.8 Å². The van der Waals surface area contributed by atoms with E-state index in [2.05, 4.69) is 17.1 Å². The van der Waals surface area contributed by atoms with Crippen molar-refractivity contribution < 1.29 is 9.53 Å². The summed E-state index contributed by atoms with van der Waals surface area (Å²) in [5.74, 6) is 1.30. The first-order chi connectivity index (χ1) is 10.9. The molecule has 3 aliphatic rings. The molecule has 3 fully saturated rings. The first-order valence-corrected chi connectivity index (χ1v) is 9.33. The van der Waals surface area contributed by atoms with Crippen molar-refractivity contribution in [3.05, 3.63) is 0 Å². The average molecular weight is 323 g/mol. The second-order valence-electron chi connectivity index (χ2n) is 8.52. The number of rotatable bonds is 4. The van der Waals surface area contributed by atoms with Gasteiger partial charge in [0.05, 0.1) is 0 Å². The van der Waals surface area contributed by atoms with E-state index >= 15 is 0 Å². The first kappa shape index (κ1) is 17.0. The molecule has 0 spiro atoms. The highest BCUT2D eigenvalue weighted by molar-refractivity contribution is 5.69. The summed E-state index contributed by atoms with van der Waals surface area (Å²) in [6.45, 7) is 13.5. The van der Waals surface area contributed by atoms with Crippen LogP contribution < -0.4 is 5.32 Å². The van der Waals surface area contributed by atoms with Gasteiger partial charge in [0.25, 0.3) is 0 Å². The summed E-state index contributed by atoms with van der Waals surface area (Å²) in [7, 11) is 0. The smallest absolute Gasteiger partial charge is 0.410 e. The van der Waals surface area contributed by atoms with Crippen molar-refractivity contribution in [2.24, 2.45) is 11.8 Å². The van der Waals surface area contributed by atoms with E-state index in [4.69, 9.17) is 4.74 Å². The molecule has 132 valence electrons. The fraction of sp³-hybridized carbons (Fsp3) is 0.944. The van der Waals surface area contributed by atoms with Crippen LogP contribution in [0.25, 0.3) is 0 Å². The normalized spacial score (nSPS) is 32.0. The van der Waals surface area contributed by atoms with Crippen molar-refractivity contribution in [2.75, 3.05) is 32.7 Å². The Morgan fingerprint density at radius 1 is 1.17 bits per heavy atom. The standard InChI is InChI=1S/C18H33N3O2/c1-5-8-20-9-6-13(7-10-20)19-16-14-11-21(12-15(14)16)17(22)23-18(2,3)4/h13-16,19H,5-12H2,1-4H3. The van der Waals surface area contributed by atoms with Gasteiger partial charge in [0.1, 0.15) is 5.60 Å². The van der Waals surface area contributed by atoms with E-state index in [-0.39, 0.29) is 6.09 Å². The predicted octanol–water partition coefficient (Wildman–Crippen LogP) is 2.32. The molecule has 1 N–H and O–H groups in total. The van der Waals surface area contributed by atoms with Gasteiger partial charge in [-0.15, -0.1) is 0 Å². The molecule has 1 aliphatic carbocycles. The molecule has 3 rings (SSSR count). The molecule has 0 aromatic carbocycles. The molecule has 2 aliphatic heterocycles. The Kier molecular flexibility index (Phi) is 4.88. The quantitative estimate of drug-likeness (QED) is 0.862. The molecular formula is C18H33N3O2. The monoisotopic (exact) mass is 323 g/mol. The van der Waals surface area contributed by atoms with Gasteiger partial charge in [-0.25, -0.2) is 4.79 Å². The molecule has 2 heterocycles. The Labute approximate surface area is 140 Å². The summed E-state index contributed by atoms with van der Waals surface area (Å²) in [4.78, 5) is 16.6. The molecule has 23 heavy (non-hydrogen) atoms. The van der Waals surface area contributed by atoms with E-state index in [0.717, 1.165) is 13.1 Å². The molecule has 1 amide bonds. The van der Waals surface area contributed by atoms with Crippen molar-refractivity contribution in [2.45, 2.75) is 64.6 Å². The zero-order valence-electron chi connectivity index (χ0n) is 15.2. The highest BCUT2D eigenvalue weighted by Gasteiger charge is 2.57. The molecule has 0 aromatic rings. The van der Waals surface area contributed by atoms with Gasteiger partial charge in [0.2, 0.25) is 0 Å². The Morgan fingerprint density at radius 3 is 2.30 bits per heavy atom. The largest absolute Gasteiger partial charge is 0.444 e. The number of ether oxygens (including phenoxy) is 1. The lowest BCUT2D eigenvalue weighted by Gasteiger charge is -2.33. The maximum atomic E-state index is 12.1. The number of amides is 1. The third-order valence-electron chi connectivity index (χ3n) is 5.40. The first-order valence-electron chi connectivity index (χ1n) is 9.33. The number of hydrogen-bond donors (Lipinski definition) is 1. The molecule has 5 nitrogen and oxygen atoms in total. The minimum Gasteiger partial charge on any atom is -0.444 e. The van der Waals surface area contributed by atoms with Gasteiger partial charge in [-0.1, -0.05) is 6.92 Å². The maximum Gasteiger partial charge on any atom is 0.410 e. The molecule has 1 saturated carbocycles. The summed E-state index contributed by atoms with van der Waals surface area (Å²) in [6.07, 6.45) is 3.65. The number of likely N-dealkylation sites (tertiary alicyclic amines) is 2. The van der Waals surface area contributed by atoms with Crippen molar-refractivity contribution in [1.82, 2.24) is 15.1 Å². The van der Waals surface area contributed by atoms with Crippen LogP contribution in [-0.4, -0.2) is 66.3 Å². The Hall–Kier alpha value is -0.810. The number of hydrogen-bond acceptors (Lipinski definition) is 4. The van der Waals surface area contributed by atoms with Crippen molar-refractivity contribution in [1.29, 1.82) is 0 Å². The van der Waals surface area contributed by atoms with Gasteiger partial charge in [-0.05, 0) is 71.5 Å². The number of nitrogens with one attached hydrogen (secondary N) is 1. The second kappa shape index (κ2) is 6.60. The highest BCUT2D eigenvalue weighted by Crippen LogP contribution is 2.46. The van der Waals surface area contributed by atoms with Crippen LogP contribution in [0, 0.1) is 11.8 Å². The van der Waals surface area contributed by atoms with Gasteiger partial charge < -0.3 is 19.9 Å². The van der Waals surface area contributed by atoms with E-state index < -0.39 is 5.60 Å². The molecule has 2 saturated heterocycles. The van der Waals surface area contributed by atoms with E-state index in [1.54, 1.807) is 0 Å². The summed E-state index contributed by atoms with van der Waals surface area (Å²) >= 11 is 0. The van der Waals surface area contributed by atoms with Crippen LogP contribution in [0.5, 0.6) is 0 Å². The van der Waals surface area contributed by atoms with Crippen LogP contribution in [0.3, 0.4) is 0 Å². The van der Waals surface area contributed by atoms with Gasteiger partial charge in [-0.2, -0.15) is 0 Å². The van der Waals surface area contributed by atoms with Gasteiger partial charge in [0, 0.05) is 25.2 Å².